The standard InChI is InChI=1S/C19H18ClNO3/c1-22-10-9-21-17-12-19(13-3-5-14(20)6-4-13)24-18-8-7-15(23-2)11-16(17)18/h3-8,11-12H,9-10H2,1-2H3. The molecule has 1 aromatic heterocycles. The van der Waals surface area contributed by atoms with Crippen LogP contribution in [0.1, 0.15) is 0 Å². The van der Waals surface area contributed by atoms with E-state index in [4.69, 9.17) is 25.5 Å². The predicted molar refractivity (Wildman–Crippen MR) is 95.5 cm³/mol. The van der Waals surface area contributed by atoms with Gasteiger partial charge in [0.1, 0.15) is 17.1 Å². The highest BCUT2D eigenvalue weighted by atomic mass is 35.5. The van der Waals surface area contributed by atoms with E-state index in [1.807, 2.05) is 48.5 Å². The third-order valence-corrected chi connectivity index (χ3v) is 3.91. The van der Waals surface area contributed by atoms with Crippen molar-refractivity contribution in [3.63, 3.8) is 0 Å². The summed E-state index contributed by atoms with van der Waals surface area (Å²) in [6.07, 6.45) is 0. The Morgan fingerprint density at radius 1 is 1.04 bits per heavy atom. The summed E-state index contributed by atoms with van der Waals surface area (Å²) in [5, 5.41) is 2.44. The highest BCUT2D eigenvalue weighted by Crippen LogP contribution is 2.25. The Hall–Kier alpha value is -2.30. The molecule has 0 aliphatic rings. The minimum Gasteiger partial charge on any atom is -0.497 e. The number of nitrogens with zero attached hydrogens (tertiary/aromatic N) is 1. The Morgan fingerprint density at radius 2 is 1.83 bits per heavy atom. The van der Waals surface area contributed by atoms with Crippen LogP contribution in [0.5, 0.6) is 5.75 Å². The molecule has 0 fully saturated rings. The van der Waals surface area contributed by atoms with E-state index in [-0.39, 0.29) is 0 Å². The summed E-state index contributed by atoms with van der Waals surface area (Å²) in [6.45, 7) is 1.14. The second-order valence-corrected chi connectivity index (χ2v) is 5.68. The summed E-state index contributed by atoms with van der Waals surface area (Å²) in [5.74, 6) is 1.50. The van der Waals surface area contributed by atoms with E-state index in [9.17, 15) is 0 Å². The highest BCUT2D eigenvalue weighted by molar-refractivity contribution is 6.30. The van der Waals surface area contributed by atoms with Crippen LogP contribution in [0.4, 0.5) is 0 Å². The molecule has 0 saturated carbocycles. The number of hydrogen-bond acceptors (Lipinski definition) is 4. The average molecular weight is 344 g/mol. The van der Waals surface area contributed by atoms with Gasteiger partial charge < -0.3 is 13.9 Å². The minimum atomic E-state index is 0.563. The maximum absolute atomic E-state index is 6.04. The maximum atomic E-state index is 6.04. The van der Waals surface area contributed by atoms with Crippen molar-refractivity contribution in [2.45, 2.75) is 0 Å². The van der Waals surface area contributed by atoms with Crippen molar-refractivity contribution in [2.24, 2.45) is 4.99 Å². The molecule has 5 heteroatoms. The Labute approximate surface area is 145 Å². The molecule has 0 atom stereocenters. The Bertz CT molecular complexity index is 901. The van der Waals surface area contributed by atoms with Crippen molar-refractivity contribution < 1.29 is 13.9 Å². The Balaban J connectivity index is 2.18. The number of benzene rings is 2. The molecule has 24 heavy (non-hydrogen) atoms. The van der Waals surface area contributed by atoms with Gasteiger partial charge in [-0.05, 0) is 42.5 Å². The quantitative estimate of drug-likeness (QED) is 0.648. The molecule has 0 aliphatic carbocycles. The molecule has 0 bridgehead atoms. The highest BCUT2D eigenvalue weighted by Gasteiger charge is 2.07. The smallest absolute Gasteiger partial charge is 0.137 e. The second-order valence-electron chi connectivity index (χ2n) is 5.24. The first-order valence-corrected chi connectivity index (χ1v) is 7.96. The van der Waals surface area contributed by atoms with Crippen LogP contribution in [-0.4, -0.2) is 27.4 Å². The van der Waals surface area contributed by atoms with Crippen LogP contribution in [0.25, 0.3) is 22.3 Å². The molecular formula is C19H18ClNO3. The van der Waals surface area contributed by atoms with Gasteiger partial charge in [0, 0.05) is 29.1 Å². The molecule has 1 heterocycles. The van der Waals surface area contributed by atoms with E-state index in [0.29, 0.717) is 18.2 Å². The van der Waals surface area contributed by atoms with Gasteiger partial charge in [0.05, 0.1) is 25.6 Å². The summed E-state index contributed by atoms with van der Waals surface area (Å²) in [7, 11) is 3.30. The molecule has 0 aliphatic heterocycles. The summed E-state index contributed by atoms with van der Waals surface area (Å²) in [4.78, 5) is 4.64. The van der Waals surface area contributed by atoms with Crippen molar-refractivity contribution in [3.05, 3.63) is 58.9 Å². The van der Waals surface area contributed by atoms with Crippen LogP contribution < -0.4 is 10.1 Å². The zero-order valence-corrected chi connectivity index (χ0v) is 14.3. The zero-order chi connectivity index (χ0) is 16.9. The van der Waals surface area contributed by atoms with Crippen LogP contribution in [-0.2, 0) is 4.74 Å². The van der Waals surface area contributed by atoms with Gasteiger partial charge in [-0.2, -0.15) is 0 Å². The molecule has 4 nitrogen and oxygen atoms in total. The number of ether oxygens (including phenoxy) is 2. The van der Waals surface area contributed by atoms with Crippen molar-refractivity contribution in [1.29, 1.82) is 0 Å². The summed E-state index contributed by atoms with van der Waals surface area (Å²) >= 11 is 5.97. The molecule has 0 radical (unpaired) electrons. The molecule has 0 spiro atoms. The van der Waals surface area contributed by atoms with Gasteiger partial charge >= 0.3 is 0 Å². The number of hydrogen-bond donors (Lipinski definition) is 0. The van der Waals surface area contributed by atoms with E-state index in [2.05, 4.69) is 4.99 Å². The van der Waals surface area contributed by atoms with Crippen LogP contribution in [0.2, 0.25) is 5.02 Å². The third-order valence-electron chi connectivity index (χ3n) is 3.66. The fraction of sp³-hybridized carbons (Fsp3) is 0.211. The topological polar surface area (TPSA) is 44.0 Å². The second kappa shape index (κ2) is 7.51. The molecule has 0 unspecified atom stereocenters. The van der Waals surface area contributed by atoms with Crippen LogP contribution in [0.15, 0.2) is 57.9 Å². The van der Waals surface area contributed by atoms with Gasteiger partial charge in [0.2, 0.25) is 0 Å². The fourth-order valence-corrected chi connectivity index (χ4v) is 2.55. The fourth-order valence-electron chi connectivity index (χ4n) is 2.42. The average Bonchev–Trinajstić information content (AvgIpc) is 2.62. The molecule has 3 rings (SSSR count). The van der Waals surface area contributed by atoms with Crippen LogP contribution >= 0.6 is 11.6 Å². The van der Waals surface area contributed by atoms with Gasteiger partial charge in [-0.15, -0.1) is 0 Å². The Kier molecular flexibility index (Phi) is 5.18. The molecule has 124 valence electrons. The molecule has 0 N–H and O–H groups in total. The first-order chi connectivity index (χ1) is 11.7. The van der Waals surface area contributed by atoms with Gasteiger partial charge in [-0.25, -0.2) is 0 Å². The lowest BCUT2D eigenvalue weighted by atomic mass is 10.1. The Morgan fingerprint density at radius 3 is 2.54 bits per heavy atom. The zero-order valence-electron chi connectivity index (χ0n) is 13.6. The lowest BCUT2D eigenvalue weighted by Crippen LogP contribution is -2.07. The minimum absolute atomic E-state index is 0.563. The number of fused-ring (bicyclic) bond motifs is 1. The summed E-state index contributed by atoms with van der Waals surface area (Å²) in [6, 6.07) is 15.2. The molecule has 2 aromatic carbocycles. The first-order valence-electron chi connectivity index (χ1n) is 7.58. The summed E-state index contributed by atoms with van der Waals surface area (Å²) < 4.78 is 16.4. The van der Waals surface area contributed by atoms with Crippen molar-refractivity contribution >= 4 is 22.6 Å². The molecule has 0 amide bonds. The maximum Gasteiger partial charge on any atom is 0.137 e. The monoisotopic (exact) mass is 343 g/mol. The van der Waals surface area contributed by atoms with E-state index in [1.54, 1.807) is 14.2 Å². The van der Waals surface area contributed by atoms with Crippen LogP contribution in [0, 0.1) is 0 Å². The lowest BCUT2D eigenvalue weighted by Gasteiger charge is -2.07. The number of halogens is 1. The van der Waals surface area contributed by atoms with E-state index < -0.39 is 0 Å². The summed E-state index contributed by atoms with van der Waals surface area (Å²) in [5.41, 5.74) is 1.69. The van der Waals surface area contributed by atoms with Gasteiger partial charge in [0.15, 0.2) is 0 Å². The number of rotatable bonds is 5. The third kappa shape index (κ3) is 3.61. The van der Waals surface area contributed by atoms with E-state index >= 15 is 0 Å². The number of methoxy groups -OCH3 is 2. The largest absolute Gasteiger partial charge is 0.497 e. The SMILES string of the molecule is COCCN=c1cc(-c2ccc(Cl)cc2)oc2ccc(OC)cc12. The molecule has 3 aromatic rings. The molecular weight excluding hydrogens is 326 g/mol. The van der Waals surface area contributed by atoms with Crippen LogP contribution in [0.3, 0.4) is 0 Å². The van der Waals surface area contributed by atoms with Crippen molar-refractivity contribution in [2.75, 3.05) is 27.4 Å². The first kappa shape index (κ1) is 16.6. The predicted octanol–water partition coefficient (Wildman–Crippen LogP) is 4.31. The van der Waals surface area contributed by atoms with Crippen molar-refractivity contribution in [3.8, 4) is 17.1 Å². The molecule has 0 saturated heterocycles. The lowest BCUT2D eigenvalue weighted by molar-refractivity contribution is 0.207. The van der Waals surface area contributed by atoms with E-state index in [1.165, 1.54) is 0 Å². The van der Waals surface area contributed by atoms with Gasteiger partial charge in [0.25, 0.3) is 0 Å². The van der Waals surface area contributed by atoms with Gasteiger partial charge in [-0.1, -0.05) is 11.6 Å². The van der Waals surface area contributed by atoms with Crippen molar-refractivity contribution in [1.82, 2.24) is 0 Å². The van der Waals surface area contributed by atoms with E-state index in [0.717, 1.165) is 33.4 Å². The normalized spacial score (nSPS) is 11.9. The van der Waals surface area contributed by atoms with Gasteiger partial charge in [-0.3, -0.25) is 4.99 Å².